The lowest BCUT2D eigenvalue weighted by molar-refractivity contribution is 0.0606. The van der Waals surface area contributed by atoms with Gasteiger partial charge in [0.1, 0.15) is 6.61 Å². The first kappa shape index (κ1) is 45.4. The van der Waals surface area contributed by atoms with Crippen molar-refractivity contribution in [3.63, 3.8) is 0 Å². The molecule has 0 aromatic heterocycles. The highest BCUT2D eigenvalue weighted by atomic mass is 16.5. The van der Waals surface area contributed by atoms with Crippen LogP contribution in [0.2, 0.25) is 0 Å². The molecule has 0 aliphatic heterocycles. The number of hydrogen-bond donors (Lipinski definition) is 0. The van der Waals surface area contributed by atoms with E-state index in [0.29, 0.717) is 12.7 Å². The Labute approximate surface area is 296 Å². The molecular weight excluding hydrogens is 571 g/mol. The average Bonchev–Trinajstić information content (AvgIpc) is 3.09. The first-order chi connectivity index (χ1) is 23.3. The summed E-state index contributed by atoms with van der Waals surface area (Å²) in [4.78, 5) is 2.36. The summed E-state index contributed by atoms with van der Waals surface area (Å²) in [6, 6.07) is 0. The molecule has 0 bridgehead atoms. The molecule has 0 aliphatic rings. The predicted octanol–water partition coefficient (Wildman–Crippen LogP) is 14.1. The molecule has 0 rings (SSSR count). The molecule has 0 atom stereocenters. The topological polar surface area (TPSA) is 12.5 Å². The number of nitrogens with zero attached hydrogens (tertiary/aromatic N) is 1. The number of rotatable bonds is 35. The van der Waals surface area contributed by atoms with Crippen LogP contribution in [0.4, 0.5) is 0 Å². The molecule has 0 saturated carbocycles. The molecule has 0 amide bonds. The molecule has 2 heteroatoms. The third-order valence-corrected chi connectivity index (χ3v) is 9.17. The van der Waals surface area contributed by atoms with Crippen LogP contribution in [0.5, 0.6) is 0 Å². The third-order valence-electron chi connectivity index (χ3n) is 9.17. The SMILES string of the molecule is CCCCCC=CCC=CCCCCCCCCC(CCCCCCCCC=CCC=CCCCCC)OCC#CCN(CC)CC. The molecule has 0 aliphatic carbocycles. The molecule has 0 saturated heterocycles. The number of allylic oxidation sites excluding steroid dienone is 8. The Morgan fingerprint density at radius 3 is 1.23 bits per heavy atom. The van der Waals surface area contributed by atoms with Gasteiger partial charge in [-0.25, -0.2) is 0 Å². The molecule has 2 nitrogen and oxygen atoms in total. The van der Waals surface area contributed by atoms with Crippen molar-refractivity contribution in [2.45, 2.75) is 201 Å². The Morgan fingerprint density at radius 2 is 0.830 bits per heavy atom. The lowest BCUT2D eigenvalue weighted by atomic mass is 10.0. The van der Waals surface area contributed by atoms with Gasteiger partial charge in [-0.05, 0) is 90.1 Å². The van der Waals surface area contributed by atoms with Crippen LogP contribution >= 0.6 is 0 Å². The summed E-state index contributed by atoms with van der Waals surface area (Å²) in [6.07, 6.45) is 53.0. The zero-order chi connectivity index (χ0) is 34.1. The van der Waals surface area contributed by atoms with Crippen molar-refractivity contribution in [2.24, 2.45) is 0 Å². The van der Waals surface area contributed by atoms with E-state index in [-0.39, 0.29) is 0 Å². The second kappa shape index (κ2) is 40.6. The fraction of sp³-hybridized carbons (Fsp3) is 0.778. The first-order valence-corrected chi connectivity index (χ1v) is 20.7. The van der Waals surface area contributed by atoms with E-state index in [4.69, 9.17) is 4.74 Å². The summed E-state index contributed by atoms with van der Waals surface area (Å²) in [5.74, 6) is 6.62. The number of unbranched alkanes of at least 4 members (excludes halogenated alkanes) is 18. The van der Waals surface area contributed by atoms with Gasteiger partial charge in [-0.15, -0.1) is 0 Å². The second-order valence-electron chi connectivity index (χ2n) is 13.5. The molecule has 0 spiro atoms. The summed E-state index contributed by atoms with van der Waals surface area (Å²) in [6.45, 7) is 12.5. The van der Waals surface area contributed by atoms with Crippen molar-refractivity contribution >= 4 is 0 Å². The van der Waals surface area contributed by atoms with Crippen molar-refractivity contribution in [3.05, 3.63) is 48.6 Å². The van der Waals surface area contributed by atoms with Crippen molar-refractivity contribution in [2.75, 3.05) is 26.2 Å². The maximum absolute atomic E-state index is 6.32. The quantitative estimate of drug-likeness (QED) is 0.0384. The summed E-state index contributed by atoms with van der Waals surface area (Å²) in [5.41, 5.74) is 0. The minimum atomic E-state index is 0.384. The highest BCUT2D eigenvalue weighted by molar-refractivity contribution is 5.01. The highest BCUT2D eigenvalue weighted by Crippen LogP contribution is 2.17. The fourth-order valence-electron chi connectivity index (χ4n) is 5.86. The molecule has 0 heterocycles. The minimum absolute atomic E-state index is 0.384. The summed E-state index contributed by atoms with van der Waals surface area (Å²) >= 11 is 0. The van der Waals surface area contributed by atoms with E-state index in [1.807, 2.05) is 0 Å². The van der Waals surface area contributed by atoms with Crippen molar-refractivity contribution in [1.29, 1.82) is 0 Å². The van der Waals surface area contributed by atoms with Gasteiger partial charge in [-0.1, -0.05) is 178 Å². The second-order valence-corrected chi connectivity index (χ2v) is 13.5. The van der Waals surface area contributed by atoms with E-state index in [1.165, 1.54) is 154 Å². The predicted molar refractivity (Wildman–Crippen MR) is 213 cm³/mol. The summed E-state index contributed by atoms with van der Waals surface area (Å²) in [5, 5.41) is 0. The monoisotopic (exact) mass is 652 g/mol. The van der Waals surface area contributed by atoms with Gasteiger partial charge >= 0.3 is 0 Å². The number of hydrogen-bond acceptors (Lipinski definition) is 2. The summed E-state index contributed by atoms with van der Waals surface area (Å²) < 4.78 is 6.32. The number of ether oxygens (including phenoxy) is 1. The highest BCUT2D eigenvalue weighted by Gasteiger charge is 2.08. The van der Waals surface area contributed by atoms with Gasteiger partial charge in [0.15, 0.2) is 0 Å². The van der Waals surface area contributed by atoms with E-state index in [0.717, 1.165) is 32.5 Å². The van der Waals surface area contributed by atoms with E-state index in [9.17, 15) is 0 Å². The Balaban J connectivity index is 4.06. The fourth-order valence-corrected chi connectivity index (χ4v) is 5.86. The maximum atomic E-state index is 6.32. The molecule has 0 aromatic carbocycles. The van der Waals surface area contributed by atoms with Gasteiger partial charge in [0, 0.05) is 0 Å². The van der Waals surface area contributed by atoms with Gasteiger partial charge in [0.05, 0.1) is 12.6 Å². The van der Waals surface area contributed by atoms with Crippen molar-refractivity contribution in [1.82, 2.24) is 4.90 Å². The maximum Gasteiger partial charge on any atom is 0.108 e. The molecule has 0 aromatic rings. The first-order valence-electron chi connectivity index (χ1n) is 20.7. The molecule has 0 fully saturated rings. The lowest BCUT2D eigenvalue weighted by Gasteiger charge is -2.17. The smallest absolute Gasteiger partial charge is 0.108 e. The van der Waals surface area contributed by atoms with Crippen LogP contribution in [-0.2, 0) is 4.74 Å². The molecule has 272 valence electrons. The van der Waals surface area contributed by atoms with E-state index in [2.05, 4.69) is 93.0 Å². The van der Waals surface area contributed by atoms with Crippen LogP contribution in [-0.4, -0.2) is 37.2 Å². The largest absolute Gasteiger partial charge is 0.366 e. The van der Waals surface area contributed by atoms with Crippen LogP contribution in [0.15, 0.2) is 48.6 Å². The van der Waals surface area contributed by atoms with Gasteiger partial charge in [0.25, 0.3) is 0 Å². The zero-order valence-electron chi connectivity index (χ0n) is 32.3. The molecule has 0 N–H and O–H groups in total. The standard InChI is InChI=1S/C45H81NO/c1-5-9-11-13-15-17-19-21-23-25-27-29-31-33-35-37-41-45(47-44-40-39-43-46(7-3)8-4)42-38-36-34-32-30-28-26-24-22-20-18-16-14-12-10-6-2/h15-18,21-24,45H,5-14,19-20,25-38,41-44H2,1-4H3. The Morgan fingerprint density at radius 1 is 0.447 bits per heavy atom. The molecule has 47 heavy (non-hydrogen) atoms. The minimum Gasteiger partial charge on any atom is -0.366 e. The Bertz CT molecular complexity index is 730. The third kappa shape index (κ3) is 37.1. The van der Waals surface area contributed by atoms with Crippen LogP contribution in [0.1, 0.15) is 195 Å². The van der Waals surface area contributed by atoms with Gasteiger partial charge < -0.3 is 4.74 Å². The van der Waals surface area contributed by atoms with Crippen LogP contribution in [0, 0.1) is 11.8 Å². The van der Waals surface area contributed by atoms with E-state index in [1.54, 1.807) is 0 Å². The van der Waals surface area contributed by atoms with Crippen molar-refractivity contribution in [3.8, 4) is 11.8 Å². The van der Waals surface area contributed by atoms with Crippen LogP contribution in [0.3, 0.4) is 0 Å². The Kier molecular flexibility index (Phi) is 39.3. The summed E-state index contributed by atoms with van der Waals surface area (Å²) in [7, 11) is 0. The molecule has 0 radical (unpaired) electrons. The van der Waals surface area contributed by atoms with E-state index < -0.39 is 0 Å². The Hall–Kier alpha value is -1.56. The molecular formula is C45H81NO. The zero-order valence-corrected chi connectivity index (χ0v) is 32.3. The average molecular weight is 652 g/mol. The van der Waals surface area contributed by atoms with Gasteiger partial charge in [-0.3, -0.25) is 4.90 Å². The lowest BCUT2D eigenvalue weighted by Crippen LogP contribution is -2.23. The van der Waals surface area contributed by atoms with Gasteiger partial charge in [-0.2, -0.15) is 0 Å². The van der Waals surface area contributed by atoms with Crippen molar-refractivity contribution < 1.29 is 4.74 Å². The van der Waals surface area contributed by atoms with Crippen LogP contribution < -0.4 is 0 Å². The van der Waals surface area contributed by atoms with Gasteiger partial charge in [0.2, 0.25) is 0 Å². The molecule has 0 unspecified atom stereocenters. The normalized spacial score (nSPS) is 12.8. The van der Waals surface area contributed by atoms with E-state index >= 15 is 0 Å². The van der Waals surface area contributed by atoms with Crippen LogP contribution in [0.25, 0.3) is 0 Å².